The van der Waals surface area contributed by atoms with Gasteiger partial charge in [0.25, 0.3) is 0 Å². The standard InChI is InChI=1S/C12H18N2O4S/c1-9(15)7-14-19(17,18)12-5-3-11(4-6-12)8-13-10(2)16/h3-6,9,14-15H,7-8H2,1-2H3,(H,13,16). The van der Waals surface area contributed by atoms with E-state index in [0.717, 1.165) is 5.56 Å². The quantitative estimate of drug-likeness (QED) is 0.685. The Balaban J connectivity index is 2.72. The van der Waals surface area contributed by atoms with Crippen molar-refractivity contribution in [2.75, 3.05) is 6.54 Å². The molecule has 0 saturated carbocycles. The minimum atomic E-state index is -3.60. The van der Waals surface area contributed by atoms with E-state index < -0.39 is 16.1 Å². The van der Waals surface area contributed by atoms with Crippen molar-refractivity contribution in [3.8, 4) is 0 Å². The number of sulfonamides is 1. The number of rotatable bonds is 6. The Labute approximate surface area is 112 Å². The molecule has 1 aromatic rings. The third kappa shape index (κ3) is 5.37. The van der Waals surface area contributed by atoms with Crippen molar-refractivity contribution in [1.82, 2.24) is 10.0 Å². The van der Waals surface area contributed by atoms with Gasteiger partial charge in [0.05, 0.1) is 11.0 Å². The fourth-order valence-corrected chi connectivity index (χ4v) is 2.45. The van der Waals surface area contributed by atoms with Gasteiger partial charge in [-0.3, -0.25) is 4.79 Å². The highest BCUT2D eigenvalue weighted by molar-refractivity contribution is 7.89. The van der Waals surface area contributed by atoms with Gasteiger partial charge in [0, 0.05) is 20.0 Å². The zero-order chi connectivity index (χ0) is 14.5. The second-order valence-electron chi connectivity index (χ2n) is 4.25. The Bertz CT molecular complexity index is 523. The molecule has 0 aliphatic heterocycles. The molecule has 19 heavy (non-hydrogen) atoms. The molecule has 106 valence electrons. The summed E-state index contributed by atoms with van der Waals surface area (Å²) in [5, 5.41) is 11.7. The van der Waals surface area contributed by atoms with Crippen molar-refractivity contribution >= 4 is 15.9 Å². The summed E-state index contributed by atoms with van der Waals surface area (Å²) < 4.78 is 25.9. The van der Waals surface area contributed by atoms with Crippen LogP contribution in [-0.4, -0.2) is 32.1 Å². The summed E-state index contributed by atoms with van der Waals surface area (Å²) in [6.07, 6.45) is -0.742. The number of benzene rings is 1. The van der Waals surface area contributed by atoms with E-state index in [4.69, 9.17) is 5.11 Å². The van der Waals surface area contributed by atoms with Crippen molar-refractivity contribution < 1.29 is 18.3 Å². The predicted octanol–water partition coefficient (Wildman–Crippen LogP) is -0.0182. The van der Waals surface area contributed by atoms with Crippen molar-refractivity contribution in [3.05, 3.63) is 29.8 Å². The molecule has 0 bridgehead atoms. The van der Waals surface area contributed by atoms with Gasteiger partial charge < -0.3 is 10.4 Å². The number of carbonyl (C=O) groups excluding carboxylic acids is 1. The fourth-order valence-electron chi connectivity index (χ4n) is 1.33. The van der Waals surface area contributed by atoms with Crippen LogP contribution in [-0.2, 0) is 21.4 Å². The first-order valence-corrected chi connectivity index (χ1v) is 7.30. The van der Waals surface area contributed by atoms with Gasteiger partial charge in [-0.2, -0.15) is 0 Å². The second kappa shape index (κ2) is 6.65. The molecule has 0 saturated heterocycles. The number of hydrogen-bond acceptors (Lipinski definition) is 4. The van der Waals surface area contributed by atoms with E-state index >= 15 is 0 Å². The zero-order valence-corrected chi connectivity index (χ0v) is 11.7. The molecule has 0 aromatic heterocycles. The van der Waals surface area contributed by atoms with Crippen LogP contribution in [0.15, 0.2) is 29.2 Å². The number of hydrogen-bond donors (Lipinski definition) is 3. The minimum absolute atomic E-state index is 0.0318. The van der Waals surface area contributed by atoms with E-state index in [9.17, 15) is 13.2 Å². The van der Waals surface area contributed by atoms with Gasteiger partial charge in [-0.1, -0.05) is 12.1 Å². The summed E-state index contributed by atoms with van der Waals surface area (Å²) in [5.41, 5.74) is 0.810. The molecule has 1 rings (SSSR count). The van der Waals surface area contributed by atoms with Crippen LogP contribution >= 0.6 is 0 Å². The number of aliphatic hydroxyl groups is 1. The average molecular weight is 286 g/mol. The predicted molar refractivity (Wildman–Crippen MR) is 70.8 cm³/mol. The maximum atomic E-state index is 11.8. The zero-order valence-electron chi connectivity index (χ0n) is 10.9. The minimum Gasteiger partial charge on any atom is -0.392 e. The van der Waals surface area contributed by atoms with Crippen LogP contribution in [0.3, 0.4) is 0 Å². The number of amides is 1. The molecule has 0 heterocycles. The van der Waals surface area contributed by atoms with Crippen molar-refractivity contribution in [2.45, 2.75) is 31.4 Å². The Morgan fingerprint density at radius 2 is 1.89 bits per heavy atom. The lowest BCUT2D eigenvalue weighted by atomic mass is 10.2. The van der Waals surface area contributed by atoms with E-state index in [1.54, 1.807) is 12.1 Å². The van der Waals surface area contributed by atoms with Crippen LogP contribution < -0.4 is 10.0 Å². The van der Waals surface area contributed by atoms with Crippen LogP contribution in [0.4, 0.5) is 0 Å². The SMILES string of the molecule is CC(=O)NCc1ccc(S(=O)(=O)NCC(C)O)cc1. The van der Waals surface area contributed by atoms with Crippen LogP contribution in [0.5, 0.6) is 0 Å². The molecule has 1 aromatic carbocycles. The normalized spacial score (nSPS) is 13.0. The molecule has 1 amide bonds. The molecule has 0 radical (unpaired) electrons. The molecule has 0 fully saturated rings. The Hall–Kier alpha value is -1.44. The van der Waals surface area contributed by atoms with E-state index in [0.29, 0.717) is 6.54 Å². The maximum Gasteiger partial charge on any atom is 0.240 e. The summed E-state index contributed by atoms with van der Waals surface area (Å²) in [6.45, 7) is 3.24. The highest BCUT2D eigenvalue weighted by Gasteiger charge is 2.14. The Morgan fingerprint density at radius 3 is 2.37 bits per heavy atom. The number of aliphatic hydroxyl groups excluding tert-OH is 1. The summed E-state index contributed by atoms with van der Waals surface area (Å²) in [4.78, 5) is 10.9. The molecule has 0 spiro atoms. The summed E-state index contributed by atoms with van der Waals surface area (Å²) in [6, 6.07) is 6.18. The third-order valence-electron chi connectivity index (χ3n) is 2.34. The number of nitrogens with one attached hydrogen (secondary N) is 2. The largest absolute Gasteiger partial charge is 0.392 e. The topological polar surface area (TPSA) is 95.5 Å². The third-order valence-corrected chi connectivity index (χ3v) is 3.78. The van der Waals surface area contributed by atoms with E-state index in [1.165, 1.54) is 26.0 Å². The highest BCUT2D eigenvalue weighted by atomic mass is 32.2. The molecular weight excluding hydrogens is 268 g/mol. The molecule has 0 aliphatic rings. The highest BCUT2D eigenvalue weighted by Crippen LogP contribution is 2.10. The molecule has 1 unspecified atom stereocenters. The van der Waals surface area contributed by atoms with Gasteiger partial charge in [0.2, 0.25) is 15.9 Å². The van der Waals surface area contributed by atoms with Crippen LogP contribution in [0, 0.1) is 0 Å². The van der Waals surface area contributed by atoms with Gasteiger partial charge in [0.15, 0.2) is 0 Å². The molecule has 1 atom stereocenters. The number of carbonyl (C=O) groups is 1. The van der Waals surface area contributed by atoms with Crippen molar-refractivity contribution in [2.24, 2.45) is 0 Å². The maximum absolute atomic E-state index is 11.8. The lowest BCUT2D eigenvalue weighted by Gasteiger charge is -2.09. The van der Waals surface area contributed by atoms with Crippen LogP contribution in [0.1, 0.15) is 19.4 Å². The molecule has 6 nitrogen and oxygen atoms in total. The summed E-state index contributed by atoms with van der Waals surface area (Å²) >= 11 is 0. The van der Waals surface area contributed by atoms with Crippen LogP contribution in [0.25, 0.3) is 0 Å². The Morgan fingerprint density at radius 1 is 1.32 bits per heavy atom. The van der Waals surface area contributed by atoms with Gasteiger partial charge >= 0.3 is 0 Å². The molecule has 7 heteroatoms. The van der Waals surface area contributed by atoms with Crippen molar-refractivity contribution in [3.63, 3.8) is 0 Å². The first kappa shape index (κ1) is 15.6. The average Bonchev–Trinajstić information content (AvgIpc) is 2.34. The van der Waals surface area contributed by atoms with Gasteiger partial charge in [0.1, 0.15) is 0 Å². The first-order chi connectivity index (χ1) is 8.81. The van der Waals surface area contributed by atoms with Gasteiger partial charge in [-0.15, -0.1) is 0 Å². The van der Waals surface area contributed by atoms with Gasteiger partial charge in [-0.25, -0.2) is 13.1 Å². The van der Waals surface area contributed by atoms with Crippen LogP contribution in [0.2, 0.25) is 0 Å². The molecule has 0 aliphatic carbocycles. The summed E-state index contributed by atoms with van der Waals surface area (Å²) in [5.74, 6) is -0.143. The lowest BCUT2D eigenvalue weighted by molar-refractivity contribution is -0.119. The van der Waals surface area contributed by atoms with E-state index in [-0.39, 0.29) is 17.3 Å². The van der Waals surface area contributed by atoms with Gasteiger partial charge in [-0.05, 0) is 24.6 Å². The Kier molecular flexibility index (Phi) is 5.46. The molecule has 3 N–H and O–H groups in total. The van der Waals surface area contributed by atoms with E-state index in [2.05, 4.69) is 10.0 Å². The van der Waals surface area contributed by atoms with E-state index in [1.807, 2.05) is 0 Å². The first-order valence-electron chi connectivity index (χ1n) is 5.82. The summed E-state index contributed by atoms with van der Waals surface area (Å²) in [7, 11) is -3.60. The van der Waals surface area contributed by atoms with Crippen molar-refractivity contribution in [1.29, 1.82) is 0 Å². The fraction of sp³-hybridized carbons (Fsp3) is 0.417. The lowest BCUT2D eigenvalue weighted by Crippen LogP contribution is -2.30. The second-order valence-corrected chi connectivity index (χ2v) is 6.02. The monoisotopic (exact) mass is 286 g/mol. The smallest absolute Gasteiger partial charge is 0.240 e. The molecular formula is C12H18N2O4S.